The second kappa shape index (κ2) is 5.21. The predicted octanol–water partition coefficient (Wildman–Crippen LogP) is 4.53. The van der Waals surface area contributed by atoms with Crippen LogP contribution in [0.5, 0.6) is 0 Å². The van der Waals surface area contributed by atoms with Gasteiger partial charge in [-0.15, -0.1) is 0 Å². The molecule has 2 N–H and O–H groups in total. The van der Waals surface area contributed by atoms with Crippen LogP contribution in [0, 0.1) is 34.5 Å². The van der Waals surface area contributed by atoms with Gasteiger partial charge in [-0.3, -0.25) is 0 Å². The highest BCUT2D eigenvalue weighted by Gasteiger charge is 2.66. The minimum atomic E-state index is -0.459. The molecular weight excluding hydrogens is 284 g/mol. The Labute approximate surface area is 142 Å². The van der Waals surface area contributed by atoms with Crippen molar-refractivity contribution in [2.45, 2.75) is 96.7 Å². The maximum atomic E-state index is 11.9. The number of hydrogen-bond donors (Lipinski definition) is 2. The molecule has 0 aromatic carbocycles. The van der Waals surface area contributed by atoms with E-state index in [2.05, 4.69) is 13.8 Å². The molecule has 0 aromatic heterocycles. The van der Waals surface area contributed by atoms with Crippen molar-refractivity contribution in [1.29, 1.82) is 0 Å². The first-order valence-electron chi connectivity index (χ1n) is 10.2. The summed E-state index contributed by atoms with van der Waals surface area (Å²) < 4.78 is 0. The first-order valence-corrected chi connectivity index (χ1v) is 10.2. The molecule has 0 heterocycles. The van der Waals surface area contributed by atoms with Crippen LogP contribution in [0.1, 0.15) is 85.0 Å². The SMILES string of the molecule is CC(O)[C@H]1CC[C@@H]2[C@]1(C)CC[C@H]1[C@@]2(O)CCC2CCCC[C@@]21C. The maximum Gasteiger partial charge on any atom is 0.0714 e. The Balaban J connectivity index is 1.69. The van der Waals surface area contributed by atoms with Crippen LogP contribution in [0.3, 0.4) is 0 Å². The van der Waals surface area contributed by atoms with Crippen LogP contribution in [0.15, 0.2) is 0 Å². The Bertz CT molecular complexity index is 474. The molecule has 4 rings (SSSR count). The minimum Gasteiger partial charge on any atom is -0.393 e. The molecule has 0 bridgehead atoms. The van der Waals surface area contributed by atoms with Gasteiger partial charge in [-0.05, 0) is 92.8 Å². The van der Waals surface area contributed by atoms with Crippen LogP contribution in [0.4, 0.5) is 0 Å². The van der Waals surface area contributed by atoms with Gasteiger partial charge < -0.3 is 10.2 Å². The number of fused-ring (bicyclic) bond motifs is 5. The van der Waals surface area contributed by atoms with E-state index in [9.17, 15) is 10.2 Å². The van der Waals surface area contributed by atoms with E-state index in [1.807, 2.05) is 6.92 Å². The summed E-state index contributed by atoms with van der Waals surface area (Å²) in [5.41, 5.74) is 0.0615. The standard InChI is InChI=1S/C21H36O2/c1-14(22)16-7-8-17-20(16,3)12-10-18-19(2)11-5-4-6-15(19)9-13-21(17,18)23/h14-18,22-23H,4-13H2,1-3H3/t14?,15?,16-,17-,18-,19+,20-,21-/m1/s1. The van der Waals surface area contributed by atoms with Gasteiger partial charge >= 0.3 is 0 Å². The van der Waals surface area contributed by atoms with Crippen molar-refractivity contribution in [3.63, 3.8) is 0 Å². The van der Waals surface area contributed by atoms with Gasteiger partial charge in [0.05, 0.1) is 11.7 Å². The van der Waals surface area contributed by atoms with Gasteiger partial charge in [0.1, 0.15) is 0 Å². The molecule has 0 spiro atoms. The van der Waals surface area contributed by atoms with Crippen LogP contribution in [0.25, 0.3) is 0 Å². The second-order valence-corrected chi connectivity index (χ2v) is 10.1. The average molecular weight is 321 g/mol. The number of aliphatic hydroxyl groups is 2. The summed E-state index contributed by atoms with van der Waals surface area (Å²) in [5, 5.41) is 22.2. The van der Waals surface area contributed by atoms with Gasteiger partial charge in [0, 0.05) is 0 Å². The first-order chi connectivity index (χ1) is 10.8. The Morgan fingerprint density at radius 1 is 0.826 bits per heavy atom. The quantitative estimate of drug-likeness (QED) is 0.745. The predicted molar refractivity (Wildman–Crippen MR) is 93.0 cm³/mol. The summed E-state index contributed by atoms with van der Waals surface area (Å²) in [7, 11) is 0. The third-order valence-corrected chi connectivity index (χ3v) is 9.31. The lowest BCUT2D eigenvalue weighted by Crippen LogP contribution is -2.63. The number of hydrogen-bond acceptors (Lipinski definition) is 2. The van der Waals surface area contributed by atoms with Crippen molar-refractivity contribution < 1.29 is 10.2 Å². The summed E-state index contributed by atoms with van der Waals surface area (Å²) >= 11 is 0. The Morgan fingerprint density at radius 2 is 1.57 bits per heavy atom. The number of rotatable bonds is 1. The Morgan fingerprint density at radius 3 is 2.30 bits per heavy atom. The zero-order valence-electron chi connectivity index (χ0n) is 15.4. The third kappa shape index (κ3) is 2.06. The lowest BCUT2D eigenvalue weighted by atomic mass is 9.43. The van der Waals surface area contributed by atoms with Gasteiger partial charge in [-0.1, -0.05) is 26.7 Å². The fraction of sp³-hybridized carbons (Fsp3) is 1.00. The monoisotopic (exact) mass is 320 g/mol. The molecule has 0 aromatic rings. The van der Waals surface area contributed by atoms with Crippen molar-refractivity contribution in [1.82, 2.24) is 0 Å². The van der Waals surface area contributed by atoms with Gasteiger partial charge in [0.15, 0.2) is 0 Å². The minimum absolute atomic E-state index is 0.150. The zero-order valence-corrected chi connectivity index (χ0v) is 15.4. The molecular formula is C21H36O2. The molecule has 4 aliphatic rings. The highest BCUT2D eigenvalue weighted by Crippen LogP contribution is 2.69. The summed E-state index contributed by atoms with van der Waals surface area (Å²) in [4.78, 5) is 0. The molecule has 0 radical (unpaired) electrons. The summed E-state index contributed by atoms with van der Waals surface area (Å²) in [6.45, 7) is 6.86. The summed E-state index contributed by atoms with van der Waals surface area (Å²) in [6, 6.07) is 0. The maximum absolute atomic E-state index is 11.9. The Kier molecular flexibility index (Phi) is 3.71. The third-order valence-electron chi connectivity index (χ3n) is 9.31. The van der Waals surface area contributed by atoms with E-state index in [0.29, 0.717) is 23.2 Å². The van der Waals surface area contributed by atoms with Gasteiger partial charge in [0.2, 0.25) is 0 Å². The van der Waals surface area contributed by atoms with E-state index in [1.165, 1.54) is 44.9 Å². The van der Waals surface area contributed by atoms with Crippen LogP contribution in [-0.2, 0) is 0 Å². The van der Waals surface area contributed by atoms with Gasteiger partial charge in [0.25, 0.3) is 0 Å². The van der Waals surface area contributed by atoms with Crippen molar-refractivity contribution in [2.75, 3.05) is 0 Å². The molecule has 2 heteroatoms. The zero-order chi connectivity index (χ0) is 16.5. The average Bonchev–Trinajstić information content (AvgIpc) is 2.85. The van der Waals surface area contributed by atoms with Crippen molar-refractivity contribution >= 4 is 0 Å². The molecule has 4 fully saturated rings. The lowest BCUT2D eigenvalue weighted by Gasteiger charge is -2.64. The van der Waals surface area contributed by atoms with Gasteiger partial charge in [-0.2, -0.15) is 0 Å². The van der Waals surface area contributed by atoms with Crippen LogP contribution < -0.4 is 0 Å². The first kappa shape index (κ1) is 16.4. The Hall–Kier alpha value is -0.0800. The highest BCUT2D eigenvalue weighted by molar-refractivity contribution is 5.16. The summed E-state index contributed by atoms with van der Waals surface area (Å²) in [6.07, 6.45) is 12.1. The normalized spacial score (nSPS) is 57.3. The molecule has 4 aliphatic carbocycles. The molecule has 0 saturated heterocycles. The summed E-state index contributed by atoms with van der Waals surface area (Å²) in [5.74, 6) is 2.14. The highest BCUT2D eigenvalue weighted by atomic mass is 16.3. The van der Waals surface area contributed by atoms with Crippen LogP contribution in [-0.4, -0.2) is 21.9 Å². The molecule has 8 atom stereocenters. The van der Waals surface area contributed by atoms with Crippen LogP contribution >= 0.6 is 0 Å². The second-order valence-electron chi connectivity index (χ2n) is 10.1. The number of aliphatic hydroxyl groups excluding tert-OH is 1. The van der Waals surface area contributed by atoms with E-state index >= 15 is 0 Å². The molecule has 2 nitrogen and oxygen atoms in total. The van der Waals surface area contributed by atoms with Crippen molar-refractivity contribution in [3.8, 4) is 0 Å². The molecule has 4 saturated carbocycles. The molecule has 23 heavy (non-hydrogen) atoms. The van der Waals surface area contributed by atoms with Crippen molar-refractivity contribution in [2.24, 2.45) is 34.5 Å². The van der Waals surface area contributed by atoms with E-state index < -0.39 is 5.60 Å². The van der Waals surface area contributed by atoms with E-state index in [0.717, 1.165) is 25.2 Å². The smallest absolute Gasteiger partial charge is 0.0714 e. The fourth-order valence-electron chi connectivity index (χ4n) is 8.20. The van der Waals surface area contributed by atoms with E-state index in [1.54, 1.807) is 0 Å². The van der Waals surface area contributed by atoms with Crippen molar-refractivity contribution in [3.05, 3.63) is 0 Å². The lowest BCUT2D eigenvalue weighted by molar-refractivity contribution is -0.223. The van der Waals surface area contributed by atoms with E-state index in [-0.39, 0.29) is 11.5 Å². The fourth-order valence-corrected chi connectivity index (χ4v) is 8.20. The van der Waals surface area contributed by atoms with E-state index in [4.69, 9.17) is 0 Å². The molecule has 2 unspecified atom stereocenters. The van der Waals surface area contributed by atoms with Gasteiger partial charge in [-0.25, -0.2) is 0 Å². The largest absolute Gasteiger partial charge is 0.393 e. The molecule has 132 valence electrons. The molecule has 0 amide bonds. The topological polar surface area (TPSA) is 40.5 Å². The molecule has 0 aliphatic heterocycles. The van der Waals surface area contributed by atoms with Crippen LogP contribution in [0.2, 0.25) is 0 Å².